The molecule has 1 saturated heterocycles. The van der Waals surface area contributed by atoms with E-state index in [2.05, 4.69) is 10.9 Å². The molecule has 0 aromatic carbocycles. The molecule has 0 aromatic rings. The van der Waals surface area contributed by atoms with Crippen molar-refractivity contribution in [3.63, 3.8) is 0 Å². The lowest BCUT2D eigenvalue weighted by Gasteiger charge is -2.24. The van der Waals surface area contributed by atoms with E-state index in [1.807, 2.05) is 0 Å². The number of ether oxygens (including phenoxy) is 2. The second kappa shape index (κ2) is 5.27. The summed E-state index contributed by atoms with van der Waals surface area (Å²) in [6.07, 6.45) is -0.0407. The number of carbonyl (C=O) groups excluding carboxylic acids is 2. The van der Waals surface area contributed by atoms with Crippen molar-refractivity contribution in [3.05, 3.63) is 0 Å². The summed E-state index contributed by atoms with van der Waals surface area (Å²) in [5.74, 6) is -0.0673. The van der Waals surface area contributed by atoms with E-state index in [9.17, 15) is 9.59 Å². The number of nitrogens with one attached hydrogen (secondary N) is 2. The Morgan fingerprint density at radius 3 is 2.75 bits per heavy atom. The molecule has 92 valence electrons. The molecule has 0 saturated carbocycles. The minimum absolute atomic E-state index is 0.0673. The Balaban J connectivity index is 2.28. The molecule has 0 aromatic heterocycles. The number of rotatable bonds is 2. The van der Waals surface area contributed by atoms with Gasteiger partial charge in [-0.05, 0) is 27.2 Å². The van der Waals surface area contributed by atoms with Crippen molar-refractivity contribution < 1.29 is 19.1 Å². The smallest absolute Gasteiger partial charge is 0.422 e. The van der Waals surface area contributed by atoms with Crippen molar-refractivity contribution in [2.45, 2.75) is 38.8 Å². The first-order chi connectivity index (χ1) is 7.38. The summed E-state index contributed by atoms with van der Waals surface area (Å²) in [4.78, 5) is 22.6. The zero-order valence-corrected chi connectivity index (χ0v) is 9.83. The third-order valence-corrected chi connectivity index (χ3v) is 1.93. The maximum Gasteiger partial charge on any atom is 0.422 e. The number of Topliss-reactive ketones (excluding diaryl/α,β-unsaturated/α-hetero) is 1. The quantitative estimate of drug-likeness (QED) is 0.670. The topological polar surface area (TPSA) is 76.7 Å². The highest BCUT2D eigenvalue weighted by atomic mass is 16.6. The number of carbonyl (C=O) groups is 2. The van der Waals surface area contributed by atoms with Crippen LogP contribution in [0.15, 0.2) is 0 Å². The summed E-state index contributed by atoms with van der Waals surface area (Å²) < 4.78 is 9.97. The first-order valence-corrected chi connectivity index (χ1v) is 5.23. The summed E-state index contributed by atoms with van der Waals surface area (Å²) in [7, 11) is 0. The molecule has 2 N–H and O–H groups in total. The van der Waals surface area contributed by atoms with Gasteiger partial charge in [-0.1, -0.05) is 0 Å². The van der Waals surface area contributed by atoms with Crippen LogP contribution in [-0.2, 0) is 14.3 Å². The second-order valence-electron chi connectivity index (χ2n) is 4.63. The second-order valence-corrected chi connectivity index (χ2v) is 4.63. The van der Waals surface area contributed by atoms with Gasteiger partial charge in [-0.25, -0.2) is 10.2 Å². The van der Waals surface area contributed by atoms with E-state index in [0.29, 0.717) is 13.0 Å². The molecule has 1 heterocycles. The van der Waals surface area contributed by atoms with Crippen LogP contribution in [-0.4, -0.2) is 36.7 Å². The molecule has 6 heteroatoms. The van der Waals surface area contributed by atoms with Gasteiger partial charge in [0.05, 0.1) is 6.04 Å². The molecule has 1 aliphatic heterocycles. The van der Waals surface area contributed by atoms with Gasteiger partial charge in [0, 0.05) is 6.61 Å². The molecule has 0 radical (unpaired) electrons. The fourth-order valence-corrected chi connectivity index (χ4v) is 1.24. The lowest BCUT2D eigenvalue weighted by atomic mass is 10.1. The third-order valence-electron chi connectivity index (χ3n) is 1.93. The van der Waals surface area contributed by atoms with E-state index in [-0.39, 0.29) is 18.4 Å². The van der Waals surface area contributed by atoms with Crippen LogP contribution < -0.4 is 10.9 Å². The Bertz CT molecular complexity index is 272. The van der Waals surface area contributed by atoms with Gasteiger partial charge in [-0.2, -0.15) is 0 Å². The Kier molecular flexibility index (Phi) is 4.26. The molecular formula is C10H18N2O4. The molecule has 1 fully saturated rings. The summed E-state index contributed by atoms with van der Waals surface area (Å²) in [6.45, 7) is 5.91. The Morgan fingerprint density at radius 2 is 2.19 bits per heavy atom. The average molecular weight is 230 g/mol. The fraction of sp³-hybridized carbons (Fsp3) is 0.800. The predicted octanol–water partition coefficient (Wildman–Crippen LogP) is 0.374. The van der Waals surface area contributed by atoms with Gasteiger partial charge in [0.1, 0.15) is 12.2 Å². The van der Waals surface area contributed by atoms with Crippen molar-refractivity contribution in [2.75, 3.05) is 13.2 Å². The van der Waals surface area contributed by atoms with Gasteiger partial charge in [-0.15, -0.1) is 0 Å². The summed E-state index contributed by atoms with van der Waals surface area (Å²) in [5, 5.41) is 0. The highest BCUT2D eigenvalue weighted by molar-refractivity contribution is 5.86. The average Bonchev–Trinajstić information content (AvgIpc) is 2.14. The predicted molar refractivity (Wildman–Crippen MR) is 56.7 cm³/mol. The van der Waals surface area contributed by atoms with E-state index in [1.165, 1.54) is 0 Å². The first kappa shape index (κ1) is 12.9. The summed E-state index contributed by atoms with van der Waals surface area (Å²) >= 11 is 0. The van der Waals surface area contributed by atoms with Crippen LogP contribution in [0.2, 0.25) is 0 Å². The van der Waals surface area contributed by atoms with Crippen molar-refractivity contribution in [1.82, 2.24) is 10.9 Å². The standard InChI is InChI=1S/C10H18N2O4/c1-10(2,3)16-9(14)12-11-7-4-5-15-6-8(7)13/h7,11H,4-6H2,1-3H3,(H,12,14). The summed E-state index contributed by atoms with van der Waals surface area (Å²) in [6, 6.07) is -0.388. The zero-order chi connectivity index (χ0) is 12.2. The van der Waals surface area contributed by atoms with E-state index >= 15 is 0 Å². The number of hydrazine groups is 1. The van der Waals surface area contributed by atoms with Crippen LogP contribution in [0.25, 0.3) is 0 Å². The number of hydrogen-bond donors (Lipinski definition) is 2. The van der Waals surface area contributed by atoms with Crippen molar-refractivity contribution in [2.24, 2.45) is 0 Å². The lowest BCUT2D eigenvalue weighted by molar-refractivity contribution is -0.130. The number of ketones is 1. The zero-order valence-electron chi connectivity index (χ0n) is 9.83. The van der Waals surface area contributed by atoms with Crippen LogP contribution in [0.4, 0.5) is 4.79 Å². The van der Waals surface area contributed by atoms with Crippen molar-refractivity contribution in [1.29, 1.82) is 0 Å². The minimum Gasteiger partial charge on any atom is -0.443 e. The van der Waals surface area contributed by atoms with Crippen LogP contribution in [0.1, 0.15) is 27.2 Å². The number of hydrogen-bond acceptors (Lipinski definition) is 5. The third kappa shape index (κ3) is 4.59. The van der Waals surface area contributed by atoms with Crippen molar-refractivity contribution in [3.8, 4) is 0 Å². The molecular weight excluding hydrogens is 212 g/mol. The molecule has 1 atom stereocenters. The lowest BCUT2D eigenvalue weighted by Crippen LogP contribution is -2.52. The number of amides is 1. The van der Waals surface area contributed by atoms with Gasteiger partial charge in [0.15, 0.2) is 5.78 Å². The van der Waals surface area contributed by atoms with Crippen LogP contribution in [0.3, 0.4) is 0 Å². The molecule has 1 amide bonds. The molecule has 1 rings (SSSR count). The Labute approximate surface area is 94.6 Å². The summed E-state index contributed by atoms with van der Waals surface area (Å²) in [5.41, 5.74) is 4.44. The first-order valence-electron chi connectivity index (χ1n) is 5.23. The van der Waals surface area contributed by atoms with Crippen LogP contribution in [0, 0.1) is 0 Å². The van der Waals surface area contributed by atoms with Gasteiger partial charge in [0.25, 0.3) is 0 Å². The fourth-order valence-electron chi connectivity index (χ4n) is 1.24. The van der Waals surface area contributed by atoms with E-state index in [4.69, 9.17) is 9.47 Å². The highest BCUT2D eigenvalue weighted by Crippen LogP contribution is 2.06. The van der Waals surface area contributed by atoms with E-state index in [0.717, 1.165) is 0 Å². The van der Waals surface area contributed by atoms with Gasteiger partial charge in [-0.3, -0.25) is 10.2 Å². The van der Waals surface area contributed by atoms with E-state index < -0.39 is 11.7 Å². The monoisotopic (exact) mass is 230 g/mol. The highest BCUT2D eigenvalue weighted by Gasteiger charge is 2.24. The molecule has 1 aliphatic rings. The molecule has 0 spiro atoms. The molecule has 1 unspecified atom stereocenters. The van der Waals surface area contributed by atoms with Gasteiger partial charge >= 0.3 is 6.09 Å². The Morgan fingerprint density at radius 1 is 1.50 bits per heavy atom. The van der Waals surface area contributed by atoms with Crippen LogP contribution in [0.5, 0.6) is 0 Å². The molecule has 0 bridgehead atoms. The van der Waals surface area contributed by atoms with E-state index in [1.54, 1.807) is 20.8 Å². The van der Waals surface area contributed by atoms with Gasteiger partial charge < -0.3 is 9.47 Å². The molecule has 16 heavy (non-hydrogen) atoms. The minimum atomic E-state index is -0.591. The largest absolute Gasteiger partial charge is 0.443 e. The van der Waals surface area contributed by atoms with Gasteiger partial charge in [0.2, 0.25) is 0 Å². The SMILES string of the molecule is CC(C)(C)OC(=O)NNC1CCOCC1=O. The van der Waals surface area contributed by atoms with Crippen molar-refractivity contribution >= 4 is 11.9 Å². The molecule has 6 nitrogen and oxygen atoms in total. The maximum atomic E-state index is 11.3. The maximum absolute atomic E-state index is 11.3. The normalized spacial score (nSPS) is 21.7. The van der Waals surface area contributed by atoms with Crippen LogP contribution >= 0.6 is 0 Å². The Hall–Kier alpha value is -1.14. The molecule has 0 aliphatic carbocycles.